The van der Waals surface area contributed by atoms with Crippen molar-refractivity contribution in [2.75, 3.05) is 59.4 Å². The molecule has 1 aromatic rings. The van der Waals surface area contributed by atoms with Crippen LogP contribution in [-0.4, -0.2) is 65.3 Å². The summed E-state index contributed by atoms with van der Waals surface area (Å²) in [5.41, 5.74) is 1.03. The van der Waals surface area contributed by atoms with Crippen LogP contribution in [0.1, 0.15) is 25.3 Å². The van der Waals surface area contributed by atoms with Crippen LogP contribution in [0.3, 0.4) is 0 Å². The van der Waals surface area contributed by atoms with E-state index in [1.165, 1.54) is 0 Å². The van der Waals surface area contributed by atoms with E-state index >= 15 is 0 Å². The molecule has 0 aromatic heterocycles. The van der Waals surface area contributed by atoms with E-state index in [-0.39, 0.29) is 5.91 Å². The second kappa shape index (κ2) is 13.4. The molecule has 1 N–H and O–H groups in total. The van der Waals surface area contributed by atoms with Crippen LogP contribution in [0.15, 0.2) is 18.2 Å². The number of benzene rings is 1. The van der Waals surface area contributed by atoms with Crippen LogP contribution in [0.2, 0.25) is 0 Å². The average Bonchev–Trinajstić information content (AvgIpc) is 2.69. The number of nitrogens with one attached hydrogen (secondary N) is 1. The van der Waals surface area contributed by atoms with Crippen LogP contribution in [0.25, 0.3) is 0 Å². The number of hydrogen-bond acceptors (Lipinski definition) is 6. The number of ether oxygens (including phenoxy) is 5. The fourth-order valence-electron chi connectivity index (χ4n) is 2.51. The summed E-state index contributed by atoms with van der Waals surface area (Å²) in [6.45, 7) is 6.72. The zero-order valence-corrected chi connectivity index (χ0v) is 16.2. The molecule has 1 amide bonds. The zero-order valence-electron chi connectivity index (χ0n) is 16.2. The Morgan fingerprint density at radius 3 is 2.11 bits per heavy atom. The molecule has 0 bridgehead atoms. The maximum atomic E-state index is 11.8. The van der Waals surface area contributed by atoms with Gasteiger partial charge in [-0.05, 0) is 30.5 Å². The standard InChI is InChI=1S/C20H31NO6/c1-2-7-21-20(22)6-4-17-3-5-18-19(16-17)27-15-13-25-11-9-23-8-10-24-12-14-26-18/h3,5,16H,2,4,6-15H2,1H3,(H,21,22). The second-order valence-corrected chi connectivity index (χ2v) is 6.17. The molecule has 0 saturated carbocycles. The minimum atomic E-state index is 0.0675. The van der Waals surface area contributed by atoms with Crippen LogP contribution in [-0.2, 0) is 25.4 Å². The van der Waals surface area contributed by atoms with Crippen LogP contribution in [0.4, 0.5) is 0 Å². The Hall–Kier alpha value is -1.83. The van der Waals surface area contributed by atoms with Crippen molar-refractivity contribution in [2.24, 2.45) is 0 Å². The van der Waals surface area contributed by atoms with E-state index in [0.717, 1.165) is 12.0 Å². The van der Waals surface area contributed by atoms with Crippen LogP contribution < -0.4 is 14.8 Å². The Labute approximate surface area is 161 Å². The predicted octanol–water partition coefficient (Wildman–Crippen LogP) is 1.97. The largest absolute Gasteiger partial charge is 0.487 e. The van der Waals surface area contributed by atoms with Gasteiger partial charge >= 0.3 is 0 Å². The number of aryl methyl sites for hydroxylation is 1. The van der Waals surface area contributed by atoms with Gasteiger partial charge in [-0.2, -0.15) is 0 Å². The van der Waals surface area contributed by atoms with Gasteiger partial charge in [-0.15, -0.1) is 0 Å². The molecule has 0 unspecified atom stereocenters. The lowest BCUT2D eigenvalue weighted by molar-refractivity contribution is -0.121. The fraction of sp³-hybridized carbons (Fsp3) is 0.650. The first-order valence-corrected chi connectivity index (χ1v) is 9.68. The minimum Gasteiger partial charge on any atom is -0.487 e. The van der Waals surface area contributed by atoms with Crippen molar-refractivity contribution in [1.82, 2.24) is 5.32 Å². The molecule has 7 nitrogen and oxygen atoms in total. The number of carbonyl (C=O) groups excluding carboxylic acids is 1. The highest BCUT2D eigenvalue weighted by Crippen LogP contribution is 2.29. The van der Waals surface area contributed by atoms with Gasteiger partial charge in [0.2, 0.25) is 5.91 Å². The molecule has 0 saturated heterocycles. The van der Waals surface area contributed by atoms with Crippen molar-refractivity contribution >= 4 is 5.91 Å². The average molecular weight is 381 g/mol. The highest BCUT2D eigenvalue weighted by molar-refractivity contribution is 5.76. The SMILES string of the molecule is CCCNC(=O)CCc1ccc2c(c1)OCCOCCOCCOCCO2. The Kier molecular flexibility index (Phi) is 10.6. The third kappa shape index (κ3) is 9.08. The van der Waals surface area contributed by atoms with E-state index in [0.29, 0.717) is 83.7 Å². The summed E-state index contributed by atoms with van der Waals surface area (Å²) in [4.78, 5) is 11.8. The highest BCUT2D eigenvalue weighted by atomic mass is 16.6. The van der Waals surface area contributed by atoms with Crippen LogP contribution >= 0.6 is 0 Å². The molecule has 152 valence electrons. The number of carbonyl (C=O) groups is 1. The van der Waals surface area contributed by atoms with Crippen molar-refractivity contribution in [3.05, 3.63) is 23.8 Å². The Morgan fingerprint density at radius 2 is 1.48 bits per heavy atom. The van der Waals surface area contributed by atoms with E-state index < -0.39 is 0 Å². The smallest absolute Gasteiger partial charge is 0.220 e. The first-order valence-electron chi connectivity index (χ1n) is 9.68. The topological polar surface area (TPSA) is 75.3 Å². The number of amides is 1. The Balaban J connectivity index is 1.93. The summed E-state index contributed by atoms with van der Waals surface area (Å²) in [6, 6.07) is 5.79. The van der Waals surface area contributed by atoms with Gasteiger partial charge in [0.25, 0.3) is 0 Å². The quantitative estimate of drug-likeness (QED) is 0.841. The summed E-state index contributed by atoms with van der Waals surface area (Å²) in [6.07, 6.45) is 2.05. The van der Waals surface area contributed by atoms with Gasteiger partial charge in [-0.1, -0.05) is 13.0 Å². The molecule has 0 fully saturated rings. The molecule has 0 radical (unpaired) electrons. The van der Waals surface area contributed by atoms with Gasteiger partial charge in [0.05, 0.1) is 39.6 Å². The van der Waals surface area contributed by atoms with Gasteiger partial charge in [0.15, 0.2) is 11.5 Å². The van der Waals surface area contributed by atoms with E-state index in [4.69, 9.17) is 23.7 Å². The molecule has 7 heteroatoms. The van der Waals surface area contributed by atoms with Gasteiger partial charge in [0.1, 0.15) is 13.2 Å². The lowest BCUT2D eigenvalue weighted by atomic mass is 10.1. The van der Waals surface area contributed by atoms with Crippen molar-refractivity contribution < 1.29 is 28.5 Å². The second-order valence-electron chi connectivity index (χ2n) is 6.17. The maximum Gasteiger partial charge on any atom is 0.220 e. The third-order valence-corrected chi connectivity index (χ3v) is 3.94. The third-order valence-electron chi connectivity index (χ3n) is 3.94. The van der Waals surface area contributed by atoms with Gasteiger partial charge < -0.3 is 29.0 Å². The molecule has 2 rings (SSSR count). The molecule has 27 heavy (non-hydrogen) atoms. The van der Waals surface area contributed by atoms with Gasteiger partial charge in [-0.3, -0.25) is 4.79 Å². The summed E-state index contributed by atoms with van der Waals surface area (Å²) in [7, 11) is 0. The summed E-state index contributed by atoms with van der Waals surface area (Å²) >= 11 is 0. The zero-order chi connectivity index (χ0) is 19.2. The van der Waals surface area contributed by atoms with Crippen LogP contribution in [0, 0.1) is 0 Å². The van der Waals surface area contributed by atoms with E-state index in [1.807, 2.05) is 25.1 Å². The molecule has 1 aromatic carbocycles. The molecule has 1 heterocycles. The van der Waals surface area contributed by atoms with Gasteiger partial charge in [-0.25, -0.2) is 0 Å². The van der Waals surface area contributed by atoms with Gasteiger partial charge in [0, 0.05) is 13.0 Å². The molecule has 0 atom stereocenters. The first kappa shape index (κ1) is 21.5. The number of fused-ring (bicyclic) bond motifs is 1. The summed E-state index contributed by atoms with van der Waals surface area (Å²) < 4.78 is 28.0. The molecular weight excluding hydrogens is 350 g/mol. The fourth-order valence-corrected chi connectivity index (χ4v) is 2.51. The molecule has 1 aliphatic heterocycles. The number of rotatable bonds is 5. The Morgan fingerprint density at radius 1 is 0.889 bits per heavy atom. The lowest BCUT2D eigenvalue weighted by Crippen LogP contribution is -2.24. The van der Waals surface area contributed by atoms with E-state index in [9.17, 15) is 4.79 Å². The predicted molar refractivity (Wildman–Crippen MR) is 102 cm³/mol. The monoisotopic (exact) mass is 381 g/mol. The summed E-state index contributed by atoms with van der Waals surface area (Å²) in [5.74, 6) is 1.40. The lowest BCUT2D eigenvalue weighted by Gasteiger charge is -2.14. The molecular formula is C20H31NO6. The normalized spacial score (nSPS) is 16.8. The van der Waals surface area contributed by atoms with Crippen molar-refractivity contribution in [3.63, 3.8) is 0 Å². The minimum absolute atomic E-state index is 0.0675. The summed E-state index contributed by atoms with van der Waals surface area (Å²) in [5, 5.41) is 2.89. The van der Waals surface area contributed by atoms with E-state index in [1.54, 1.807) is 0 Å². The number of hydrogen-bond donors (Lipinski definition) is 1. The Bertz CT molecular complexity index is 551. The highest BCUT2D eigenvalue weighted by Gasteiger charge is 2.09. The van der Waals surface area contributed by atoms with Crippen LogP contribution in [0.5, 0.6) is 11.5 Å². The first-order chi connectivity index (χ1) is 13.3. The van der Waals surface area contributed by atoms with Crippen molar-refractivity contribution in [3.8, 4) is 11.5 Å². The van der Waals surface area contributed by atoms with Crippen molar-refractivity contribution in [2.45, 2.75) is 26.2 Å². The molecule has 0 spiro atoms. The van der Waals surface area contributed by atoms with Crippen molar-refractivity contribution in [1.29, 1.82) is 0 Å². The maximum absolute atomic E-state index is 11.8. The molecule has 0 aliphatic carbocycles. The molecule has 1 aliphatic rings. The van der Waals surface area contributed by atoms with E-state index in [2.05, 4.69) is 5.32 Å².